The summed E-state index contributed by atoms with van der Waals surface area (Å²) in [6.07, 6.45) is 1.70. The lowest BCUT2D eigenvalue weighted by molar-refractivity contribution is -0.127. The van der Waals surface area contributed by atoms with Gasteiger partial charge in [0.05, 0.1) is 0 Å². The predicted octanol–water partition coefficient (Wildman–Crippen LogP) is 6.10. The molecule has 0 radical (unpaired) electrons. The molecular formula is C26H31BrN4O2S. The van der Waals surface area contributed by atoms with E-state index in [4.69, 9.17) is 0 Å². The summed E-state index contributed by atoms with van der Waals surface area (Å²) in [5.41, 5.74) is 2.02. The molecule has 2 amide bonds. The van der Waals surface area contributed by atoms with Gasteiger partial charge in [0.1, 0.15) is 11.0 Å². The van der Waals surface area contributed by atoms with E-state index in [1.165, 1.54) is 11.3 Å². The van der Waals surface area contributed by atoms with Gasteiger partial charge in [-0.25, -0.2) is 0 Å². The average molecular weight is 544 g/mol. The van der Waals surface area contributed by atoms with Gasteiger partial charge >= 0.3 is 0 Å². The lowest BCUT2D eigenvalue weighted by Crippen LogP contribution is -2.45. The SMILES string of the molecule is C[C@H](CC(=O)N[C@@H](Cc1ccccc1)C(=O)Nc1nnc(-c2cccc(Br)c2)s1)CC(C)(C)C. The van der Waals surface area contributed by atoms with Crippen molar-refractivity contribution in [2.45, 2.75) is 53.0 Å². The fourth-order valence-corrected chi connectivity index (χ4v) is 5.09. The lowest BCUT2D eigenvalue weighted by atomic mass is 9.84. The smallest absolute Gasteiger partial charge is 0.249 e. The number of hydrogen-bond donors (Lipinski definition) is 2. The van der Waals surface area contributed by atoms with Crippen LogP contribution >= 0.6 is 27.3 Å². The van der Waals surface area contributed by atoms with E-state index in [1.54, 1.807) is 0 Å². The second-order valence-electron chi connectivity index (χ2n) is 9.80. The van der Waals surface area contributed by atoms with E-state index in [1.807, 2.05) is 54.6 Å². The highest BCUT2D eigenvalue weighted by Crippen LogP contribution is 2.28. The second kappa shape index (κ2) is 11.7. The van der Waals surface area contributed by atoms with Crippen molar-refractivity contribution < 1.29 is 9.59 Å². The molecule has 0 saturated carbocycles. The molecule has 0 aliphatic heterocycles. The predicted molar refractivity (Wildman–Crippen MR) is 142 cm³/mol. The van der Waals surface area contributed by atoms with Crippen LogP contribution in [0.3, 0.4) is 0 Å². The minimum Gasteiger partial charge on any atom is -0.344 e. The molecule has 1 aromatic heterocycles. The molecule has 6 nitrogen and oxygen atoms in total. The van der Waals surface area contributed by atoms with Gasteiger partial charge in [0.15, 0.2) is 0 Å². The van der Waals surface area contributed by atoms with E-state index >= 15 is 0 Å². The Morgan fingerprint density at radius 2 is 1.79 bits per heavy atom. The van der Waals surface area contributed by atoms with Crippen LogP contribution in [-0.4, -0.2) is 28.1 Å². The lowest BCUT2D eigenvalue weighted by Gasteiger charge is -2.24. The van der Waals surface area contributed by atoms with Gasteiger partial charge in [0.2, 0.25) is 16.9 Å². The van der Waals surface area contributed by atoms with Crippen molar-refractivity contribution >= 4 is 44.2 Å². The van der Waals surface area contributed by atoms with Crippen LogP contribution in [0.15, 0.2) is 59.1 Å². The maximum atomic E-state index is 13.2. The van der Waals surface area contributed by atoms with Crippen molar-refractivity contribution in [3.05, 3.63) is 64.6 Å². The van der Waals surface area contributed by atoms with Crippen molar-refractivity contribution in [3.8, 4) is 10.6 Å². The number of rotatable bonds is 9. The van der Waals surface area contributed by atoms with Crippen molar-refractivity contribution in [3.63, 3.8) is 0 Å². The van der Waals surface area contributed by atoms with Crippen LogP contribution in [0.5, 0.6) is 0 Å². The number of anilines is 1. The van der Waals surface area contributed by atoms with E-state index in [0.717, 1.165) is 22.0 Å². The maximum absolute atomic E-state index is 13.2. The molecule has 0 fully saturated rings. The van der Waals surface area contributed by atoms with E-state index in [2.05, 4.69) is 64.5 Å². The molecule has 8 heteroatoms. The molecule has 0 saturated heterocycles. The molecule has 0 aliphatic rings. The molecule has 2 N–H and O–H groups in total. The van der Waals surface area contributed by atoms with Gasteiger partial charge in [0.25, 0.3) is 0 Å². The van der Waals surface area contributed by atoms with E-state index in [-0.39, 0.29) is 23.1 Å². The number of benzene rings is 2. The molecule has 180 valence electrons. The standard InChI is InChI=1S/C26H31BrN4O2S/c1-17(16-26(2,3)4)13-22(32)28-21(14-18-9-6-5-7-10-18)23(33)29-25-31-30-24(34-25)19-11-8-12-20(27)15-19/h5-12,15,17,21H,13-14,16H2,1-4H3,(H,28,32)(H,29,31,33)/t17-,21+/m1/s1. The summed E-state index contributed by atoms with van der Waals surface area (Å²) in [4.78, 5) is 26.0. The Bertz CT molecular complexity index is 1110. The first-order valence-corrected chi connectivity index (χ1v) is 12.9. The van der Waals surface area contributed by atoms with Crippen LogP contribution in [0, 0.1) is 11.3 Å². The summed E-state index contributed by atoms with van der Waals surface area (Å²) in [5.74, 6) is -0.214. The van der Waals surface area contributed by atoms with Gasteiger partial charge in [-0.1, -0.05) is 97.4 Å². The summed E-state index contributed by atoms with van der Waals surface area (Å²) >= 11 is 4.75. The number of amides is 2. The molecule has 0 aliphatic carbocycles. The second-order valence-corrected chi connectivity index (χ2v) is 11.7. The van der Waals surface area contributed by atoms with Gasteiger partial charge < -0.3 is 5.32 Å². The Hall–Kier alpha value is -2.58. The summed E-state index contributed by atoms with van der Waals surface area (Å²) in [7, 11) is 0. The Morgan fingerprint density at radius 1 is 1.06 bits per heavy atom. The number of halogens is 1. The number of hydrogen-bond acceptors (Lipinski definition) is 5. The maximum Gasteiger partial charge on any atom is 0.249 e. The third-order valence-corrected chi connectivity index (χ3v) is 6.54. The molecule has 0 spiro atoms. The molecule has 1 heterocycles. The van der Waals surface area contributed by atoms with Gasteiger partial charge in [0, 0.05) is 22.9 Å². The monoisotopic (exact) mass is 542 g/mol. The number of carbonyl (C=O) groups excluding carboxylic acids is 2. The van der Waals surface area contributed by atoms with Crippen LogP contribution in [0.1, 0.15) is 46.1 Å². The van der Waals surface area contributed by atoms with E-state index in [0.29, 0.717) is 23.0 Å². The molecule has 0 unspecified atom stereocenters. The topological polar surface area (TPSA) is 84.0 Å². The number of nitrogens with zero attached hydrogens (tertiary/aromatic N) is 2. The van der Waals surface area contributed by atoms with Gasteiger partial charge in [-0.2, -0.15) is 0 Å². The highest BCUT2D eigenvalue weighted by Gasteiger charge is 2.25. The zero-order valence-electron chi connectivity index (χ0n) is 20.0. The molecule has 3 rings (SSSR count). The van der Waals surface area contributed by atoms with Crippen LogP contribution in [-0.2, 0) is 16.0 Å². The van der Waals surface area contributed by atoms with Gasteiger partial charge in [-0.15, -0.1) is 10.2 Å². The highest BCUT2D eigenvalue weighted by atomic mass is 79.9. The Morgan fingerprint density at radius 3 is 2.47 bits per heavy atom. The van der Waals surface area contributed by atoms with Gasteiger partial charge in [-0.05, 0) is 35.4 Å². The van der Waals surface area contributed by atoms with Crippen LogP contribution in [0.25, 0.3) is 10.6 Å². The van der Waals surface area contributed by atoms with E-state index in [9.17, 15) is 9.59 Å². The fraction of sp³-hybridized carbons (Fsp3) is 0.385. The molecular weight excluding hydrogens is 512 g/mol. The Labute approximate surface area is 213 Å². The third-order valence-electron chi connectivity index (χ3n) is 5.16. The number of carbonyl (C=O) groups is 2. The first-order valence-electron chi connectivity index (χ1n) is 11.3. The molecule has 34 heavy (non-hydrogen) atoms. The number of nitrogens with one attached hydrogen (secondary N) is 2. The minimum atomic E-state index is -0.713. The first-order chi connectivity index (χ1) is 16.1. The summed E-state index contributed by atoms with van der Waals surface area (Å²) in [6, 6.07) is 16.7. The Balaban J connectivity index is 1.70. The van der Waals surface area contributed by atoms with Crippen LogP contribution in [0.2, 0.25) is 0 Å². The molecule has 0 bridgehead atoms. The van der Waals surface area contributed by atoms with Crippen molar-refractivity contribution in [1.82, 2.24) is 15.5 Å². The summed E-state index contributed by atoms with van der Waals surface area (Å²) in [6.45, 7) is 8.56. The average Bonchev–Trinajstić information content (AvgIpc) is 3.21. The summed E-state index contributed by atoms with van der Waals surface area (Å²) in [5, 5.41) is 15.2. The summed E-state index contributed by atoms with van der Waals surface area (Å²) < 4.78 is 0.942. The quantitative estimate of drug-likeness (QED) is 0.342. The van der Waals surface area contributed by atoms with Gasteiger partial charge in [-0.3, -0.25) is 14.9 Å². The number of aromatic nitrogens is 2. The molecule has 3 aromatic rings. The van der Waals surface area contributed by atoms with Crippen LogP contribution in [0.4, 0.5) is 5.13 Å². The van der Waals surface area contributed by atoms with Crippen molar-refractivity contribution in [2.24, 2.45) is 11.3 Å². The molecule has 2 atom stereocenters. The zero-order chi connectivity index (χ0) is 24.7. The van der Waals surface area contributed by atoms with Crippen LogP contribution < -0.4 is 10.6 Å². The molecule has 2 aromatic carbocycles. The highest BCUT2D eigenvalue weighted by molar-refractivity contribution is 9.10. The van der Waals surface area contributed by atoms with Crippen molar-refractivity contribution in [1.29, 1.82) is 0 Å². The largest absolute Gasteiger partial charge is 0.344 e. The third kappa shape index (κ3) is 8.33. The van der Waals surface area contributed by atoms with E-state index < -0.39 is 6.04 Å². The fourth-order valence-electron chi connectivity index (χ4n) is 3.95. The Kier molecular flexibility index (Phi) is 8.97. The normalized spacial score (nSPS) is 13.2. The first kappa shape index (κ1) is 26.0. The minimum absolute atomic E-state index is 0.125. The zero-order valence-corrected chi connectivity index (χ0v) is 22.4. The van der Waals surface area contributed by atoms with Crippen molar-refractivity contribution in [2.75, 3.05) is 5.32 Å².